The Balaban J connectivity index is 1.49. The van der Waals surface area contributed by atoms with Crippen LogP contribution < -0.4 is 5.32 Å². The van der Waals surface area contributed by atoms with Crippen molar-refractivity contribution < 1.29 is 9.59 Å². The first-order valence-electron chi connectivity index (χ1n) is 8.95. The van der Waals surface area contributed by atoms with Crippen LogP contribution in [0.25, 0.3) is 6.08 Å². The van der Waals surface area contributed by atoms with Gasteiger partial charge in [0.05, 0.1) is 4.91 Å². The zero-order chi connectivity index (χ0) is 19.8. The van der Waals surface area contributed by atoms with E-state index in [1.807, 2.05) is 72.8 Å². The molecule has 2 aromatic carbocycles. The monoisotopic (exact) mass is 408 g/mol. The molecule has 0 unspecified atom stereocenters. The molecule has 1 aliphatic rings. The van der Waals surface area contributed by atoms with E-state index in [1.165, 1.54) is 11.8 Å². The van der Waals surface area contributed by atoms with Gasteiger partial charge in [0, 0.05) is 18.7 Å². The van der Waals surface area contributed by atoms with Crippen LogP contribution in [-0.4, -0.2) is 27.6 Å². The summed E-state index contributed by atoms with van der Waals surface area (Å²) in [6.07, 6.45) is 6.47. The van der Waals surface area contributed by atoms with E-state index >= 15 is 0 Å². The van der Waals surface area contributed by atoms with E-state index < -0.39 is 0 Å². The van der Waals surface area contributed by atoms with Crippen molar-refractivity contribution in [1.82, 2.24) is 4.90 Å². The van der Waals surface area contributed by atoms with Crippen LogP contribution in [0.2, 0.25) is 0 Å². The van der Waals surface area contributed by atoms with Crippen molar-refractivity contribution in [3.63, 3.8) is 0 Å². The van der Waals surface area contributed by atoms with Gasteiger partial charge in [-0.15, -0.1) is 0 Å². The number of carbonyl (C=O) groups is 2. The topological polar surface area (TPSA) is 49.4 Å². The number of thiocarbonyl (C=S) groups is 1. The Hall–Kier alpha value is -2.70. The molecule has 1 N–H and O–H groups in total. The molecule has 0 bridgehead atoms. The molecular weight excluding hydrogens is 388 g/mol. The van der Waals surface area contributed by atoms with E-state index in [4.69, 9.17) is 12.2 Å². The highest BCUT2D eigenvalue weighted by molar-refractivity contribution is 8.26. The molecule has 1 aliphatic heterocycles. The van der Waals surface area contributed by atoms with E-state index in [-0.39, 0.29) is 11.8 Å². The van der Waals surface area contributed by atoms with E-state index in [2.05, 4.69) is 5.32 Å². The Labute approximate surface area is 174 Å². The second-order valence-electron chi connectivity index (χ2n) is 6.14. The van der Waals surface area contributed by atoms with Crippen molar-refractivity contribution in [2.24, 2.45) is 0 Å². The molecule has 142 valence electrons. The van der Waals surface area contributed by atoms with Gasteiger partial charge in [-0.05, 0) is 30.2 Å². The molecule has 0 spiro atoms. The van der Waals surface area contributed by atoms with Gasteiger partial charge in [-0.1, -0.05) is 84.7 Å². The lowest BCUT2D eigenvalue weighted by Crippen LogP contribution is -2.29. The highest BCUT2D eigenvalue weighted by Gasteiger charge is 2.31. The quantitative estimate of drug-likeness (QED) is 0.525. The summed E-state index contributed by atoms with van der Waals surface area (Å²) in [5, 5.41) is 2.84. The normalized spacial score (nSPS) is 15.6. The van der Waals surface area contributed by atoms with E-state index in [9.17, 15) is 9.59 Å². The Morgan fingerprint density at radius 2 is 1.75 bits per heavy atom. The molecule has 1 saturated heterocycles. The standard InChI is InChI=1S/C22H20N2O2S2/c25-20(23-18-12-5-2-6-13-18)15-8-16-24-21(26)19(28-22(24)27)14-7-11-17-9-3-1-4-10-17/h1-7,9-14H,8,15-16H2,(H,23,25). The number of allylic oxidation sites excluding steroid dienone is 2. The van der Waals surface area contributed by atoms with Gasteiger partial charge in [-0.2, -0.15) is 0 Å². The predicted molar refractivity (Wildman–Crippen MR) is 120 cm³/mol. The molecule has 1 fully saturated rings. The van der Waals surface area contributed by atoms with Gasteiger partial charge in [0.1, 0.15) is 4.32 Å². The summed E-state index contributed by atoms with van der Waals surface area (Å²) < 4.78 is 0.535. The Bertz CT molecular complexity index is 909. The fourth-order valence-electron chi connectivity index (χ4n) is 2.66. The van der Waals surface area contributed by atoms with Gasteiger partial charge >= 0.3 is 0 Å². The maximum atomic E-state index is 12.5. The number of amides is 2. The number of hydrogen-bond donors (Lipinski definition) is 1. The second-order valence-corrected chi connectivity index (χ2v) is 7.82. The van der Waals surface area contributed by atoms with Crippen molar-refractivity contribution in [2.75, 3.05) is 11.9 Å². The van der Waals surface area contributed by atoms with E-state index in [0.29, 0.717) is 28.6 Å². The first-order valence-corrected chi connectivity index (χ1v) is 10.2. The zero-order valence-corrected chi connectivity index (χ0v) is 16.8. The number of para-hydroxylation sites is 1. The largest absolute Gasteiger partial charge is 0.326 e. The summed E-state index contributed by atoms with van der Waals surface area (Å²) in [4.78, 5) is 26.7. The van der Waals surface area contributed by atoms with E-state index in [0.717, 1.165) is 11.3 Å². The summed E-state index contributed by atoms with van der Waals surface area (Å²) >= 11 is 6.62. The summed E-state index contributed by atoms with van der Waals surface area (Å²) in [5.74, 6) is -0.172. The van der Waals surface area contributed by atoms with Gasteiger partial charge in [-0.25, -0.2) is 0 Å². The third-order valence-corrected chi connectivity index (χ3v) is 5.45. The first-order chi connectivity index (χ1) is 13.6. The average molecular weight is 409 g/mol. The molecule has 2 aromatic rings. The average Bonchev–Trinajstić information content (AvgIpc) is 2.97. The molecule has 0 atom stereocenters. The van der Waals surface area contributed by atoms with Gasteiger partial charge in [0.15, 0.2) is 0 Å². The number of hydrogen-bond acceptors (Lipinski definition) is 4. The Kier molecular flexibility index (Phi) is 7.17. The summed E-state index contributed by atoms with van der Waals surface area (Å²) in [5.41, 5.74) is 1.84. The third-order valence-electron chi connectivity index (χ3n) is 4.05. The van der Waals surface area contributed by atoms with Crippen molar-refractivity contribution in [3.8, 4) is 0 Å². The molecule has 2 amide bonds. The molecule has 4 nitrogen and oxygen atoms in total. The van der Waals surface area contributed by atoms with Crippen LogP contribution in [0.15, 0.2) is 77.7 Å². The van der Waals surface area contributed by atoms with Gasteiger partial charge in [0.25, 0.3) is 5.91 Å². The molecule has 1 heterocycles. The lowest BCUT2D eigenvalue weighted by Gasteiger charge is -2.14. The number of nitrogens with one attached hydrogen (secondary N) is 1. The van der Waals surface area contributed by atoms with Gasteiger partial charge in [0.2, 0.25) is 5.91 Å². The van der Waals surface area contributed by atoms with Gasteiger partial charge in [-0.3, -0.25) is 14.5 Å². The number of carbonyl (C=O) groups excluding carboxylic acids is 2. The number of benzene rings is 2. The molecular formula is C22H20N2O2S2. The minimum absolute atomic E-state index is 0.0713. The lowest BCUT2D eigenvalue weighted by atomic mass is 10.2. The lowest BCUT2D eigenvalue weighted by molar-refractivity contribution is -0.122. The summed E-state index contributed by atoms with van der Waals surface area (Å²) in [6.45, 7) is 0.437. The van der Waals surface area contributed by atoms with Crippen LogP contribution in [0.5, 0.6) is 0 Å². The number of rotatable bonds is 7. The van der Waals surface area contributed by atoms with Crippen LogP contribution in [-0.2, 0) is 9.59 Å². The number of anilines is 1. The van der Waals surface area contributed by atoms with Crippen LogP contribution in [0.4, 0.5) is 5.69 Å². The highest BCUT2D eigenvalue weighted by atomic mass is 32.2. The zero-order valence-electron chi connectivity index (χ0n) is 15.2. The van der Waals surface area contributed by atoms with Crippen molar-refractivity contribution in [3.05, 3.63) is 83.3 Å². The molecule has 3 rings (SSSR count). The summed E-state index contributed by atoms with van der Waals surface area (Å²) in [7, 11) is 0. The molecule has 0 radical (unpaired) electrons. The molecule has 28 heavy (non-hydrogen) atoms. The minimum Gasteiger partial charge on any atom is -0.326 e. The second kappa shape index (κ2) is 10.0. The molecule has 0 aliphatic carbocycles. The predicted octanol–water partition coefficient (Wildman–Crippen LogP) is 4.86. The number of nitrogens with zero attached hydrogens (tertiary/aromatic N) is 1. The molecule has 0 saturated carbocycles. The third kappa shape index (κ3) is 5.65. The maximum absolute atomic E-state index is 12.5. The SMILES string of the molecule is O=C(CCCN1C(=O)C(=CC=Cc2ccccc2)SC1=S)Nc1ccccc1. The van der Waals surface area contributed by atoms with Crippen LogP contribution >= 0.6 is 24.0 Å². The Morgan fingerprint density at radius 1 is 1.07 bits per heavy atom. The maximum Gasteiger partial charge on any atom is 0.266 e. The van der Waals surface area contributed by atoms with Crippen molar-refractivity contribution in [1.29, 1.82) is 0 Å². The number of thioether (sulfide) groups is 1. The van der Waals surface area contributed by atoms with Crippen LogP contribution in [0.1, 0.15) is 18.4 Å². The van der Waals surface area contributed by atoms with Crippen LogP contribution in [0.3, 0.4) is 0 Å². The minimum atomic E-state index is -0.101. The molecule has 6 heteroatoms. The van der Waals surface area contributed by atoms with Crippen LogP contribution in [0, 0.1) is 0 Å². The first kappa shape index (κ1) is 20.0. The molecule has 0 aromatic heterocycles. The smallest absolute Gasteiger partial charge is 0.266 e. The Morgan fingerprint density at radius 3 is 2.46 bits per heavy atom. The van der Waals surface area contributed by atoms with Crippen molar-refractivity contribution in [2.45, 2.75) is 12.8 Å². The highest BCUT2D eigenvalue weighted by Crippen LogP contribution is 2.31. The van der Waals surface area contributed by atoms with E-state index in [1.54, 1.807) is 11.0 Å². The fraction of sp³-hybridized carbons (Fsp3) is 0.136. The summed E-state index contributed by atoms with van der Waals surface area (Å²) in [6, 6.07) is 19.2. The fourth-order valence-corrected chi connectivity index (χ4v) is 3.92. The van der Waals surface area contributed by atoms with Gasteiger partial charge < -0.3 is 5.32 Å². The van der Waals surface area contributed by atoms with Crippen molar-refractivity contribution >= 4 is 51.9 Å².